The maximum atomic E-state index is 14.0. The van der Waals surface area contributed by atoms with E-state index in [1.807, 2.05) is 0 Å². The second-order valence-corrected chi connectivity index (χ2v) is 15.1. The average molecular weight is 845 g/mol. The van der Waals surface area contributed by atoms with Crippen molar-refractivity contribution in [3.8, 4) is 17.2 Å². The predicted octanol–water partition coefficient (Wildman–Crippen LogP) is 3.56. The molecule has 0 unspecified atom stereocenters. The Balaban J connectivity index is 1.84. The summed E-state index contributed by atoms with van der Waals surface area (Å²) in [5.41, 5.74) is 25.5. The third kappa shape index (κ3) is 15.5. The maximum absolute atomic E-state index is 14.0. The summed E-state index contributed by atoms with van der Waals surface area (Å²) in [6, 6.07) is 12.2. The molecule has 0 fully saturated rings. The van der Waals surface area contributed by atoms with Crippen molar-refractivity contribution >= 4 is 34.9 Å². The van der Waals surface area contributed by atoms with Crippen LogP contribution in [0.4, 0.5) is 0 Å². The van der Waals surface area contributed by atoms with Gasteiger partial charge < -0.3 is 47.8 Å². The van der Waals surface area contributed by atoms with Crippen molar-refractivity contribution in [2.45, 2.75) is 102 Å². The lowest BCUT2D eigenvalue weighted by atomic mass is 9.95. The van der Waals surface area contributed by atoms with E-state index in [0.717, 1.165) is 12.8 Å². The summed E-state index contributed by atoms with van der Waals surface area (Å²) in [5, 5.41) is 5.75. The van der Waals surface area contributed by atoms with Crippen LogP contribution < -0.4 is 47.8 Å². The summed E-state index contributed by atoms with van der Waals surface area (Å²) >= 11 is 0. The van der Waals surface area contributed by atoms with Crippen molar-refractivity contribution < 1.29 is 43.0 Å². The zero-order valence-electron chi connectivity index (χ0n) is 36.0. The molecule has 10 N–H and O–H groups in total. The minimum absolute atomic E-state index is 0.0214. The van der Waals surface area contributed by atoms with E-state index in [0.29, 0.717) is 92.6 Å². The van der Waals surface area contributed by atoms with Gasteiger partial charge in [0.05, 0.1) is 56.1 Å². The fraction of sp³-hybridized carbons (Fsp3) is 0.478. The molecule has 0 bridgehead atoms. The molecule has 0 heterocycles. The number of Topliss-reactive ketones (excluding diaryl/α,β-unsaturated/α-hetero) is 4. The number of methoxy groups -OCH3 is 3. The van der Waals surface area contributed by atoms with Crippen molar-refractivity contribution in [3.63, 3.8) is 0 Å². The number of ether oxygens (including phenoxy) is 3. The zero-order chi connectivity index (χ0) is 44.9. The van der Waals surface area contributed by atoms with Crippen molar-refractivity contribution in [1.29, 1.82) is 0 Å². The largest absolute Gasteiger partial charge is 0.496 e. The zero-order valence-corrected chi connectivity index (χ0v) is 36.0. The summed E-state index contributed by atoms with van der Waals surface area (Å²) in [6.07, 6.45) is 4.89. The van der Waals surface area contributed by atoms with Gasteiger partial charge in [0.15, 0.2) is 23.1 Å². The first-order valence-electron chi connectivity index (χ1n) is 20.9. The molecule has 0 spiro atoms. The normalized spacial score (nSPS) is 12.5. The van der Waals surface area contributed by atoms with Crippen LogP contribution in [0.3, 0.4) is 0 Å². The lowest BCUT2D eigenvalue weighted by Crippen LogP contribution is -2.42. The highest BCUT2D eigenvalue weighted by atomic mass is 16.5. The molecule has 2 amide bonds. The van der Waals surface area contributed by atoms with Gasteiger partial charge in [-0.05, 0) is 131 Å². The van der Waals surface area contributed by atoms with Crippen LogP contribution >= 0.6 is 0 Å². The highest BCUT2D eigenvalue weighted by Gasteiger charge is 2.27. The standard InChI is InChI=1S/C46H64N6O9/c1-29(53)33-23-30(14-17-42(33)59-2)27-40(55)37(12-6-9-21-48)51-46(58)35-25-32(16-19-44(35)61-4)28-41(56)38(13-7-10-22-49)52-45(57)34-24-31(15-18-43(34)60-3)26-39(54)36(50)11-5-8-20-47/h14-19,23-25,36-38H,5-13,20-22,26-28,47-50H2,1-4H3,(H,51,58)(H,52,57)/t36-,37-,38-/m0/s1. The summed E-state index contributed by atoms with van der Waals surface area (Å²) in [4.78, 5) is 80.6. The Morgan fingerprint density at radius 1 is 0.508 bits per heavy atom. The number of ketones is 4. The second kappa shape index (κ2) is 26.0. The number of amides is 2. The van der Waals surface area contributed by atoms with Gasteiger partial charge >= 0.3 is 0 Å². The number of unbranched alkanes of at least 4 members (excludes halogenated alkanes) is 3. The first-order chi connectivity index (χ1) is 29.3. The number of hydrogen-bond acceptors (Lipinski definition) is 13. The smallest absolute Gasteiger partial charge is 0.255 e. The van der Waals surface area contributed by atoms with Crippen molar-refractivity contribution in [3.05, 3.63) is 88.0 Å². The van der Waals surface area contributed by atoms with Crippen molar-refractivity contribution in [2.75, 3.05) is 41.0 Å². The Labute approximate surface area is 359 Å². The summed E-state index contributed by atoms with van der Waals surface area (Å²) in [6.45, 7) is 2.75. The molecule has 0 aliphatic carbocycles. The number of nitrogens with one attached hydrogen (secondary N) is 2. The van der Waals surface area contributed by atoms with Crippen LogP contribution in [0.1, 0.15) is 112 Å². The molecule has 3 aromatic rings. The Bertz CT molecular complexity index is 1970. The number of carbonyl (C=O) groups excluding carboxylic acids is 6. The van der Waals surface area contributed by atoms with E-state index in [2.05, 4.69) is 10.6 Å². The lowest BCUT2D eigenvalue weighted by molar-refractivity contribution is -0.121. The monoisotopic (exact) mass is 844 g/mol. The molecule has 0 saturated carbocycles. The van der Waals surface area contributed by atoms with Crippen molar-refractivity contribution in [1.82, 2.24) is 10.6 Å². The van der Waals surface area contributed by atoms with Crippen molar-refractivity contribution in [2.24, 2.45) is 22.9 Å². The van der Waals surface area contributed by atoms with Crippen LogP contribution in [-0.4, -0.2) is 94.0 Å². The van der Waals surface area contributed by atoms with Gasteiger partial charge in [-0.15, -0.1) is 0 Å². The van der Waals surface area contributed by atoms with E-state index in [1.165, 1.54) is 28.3 Å². The third-order valence-electron chi connectivity index (χ3n) is 10.5. The molecule has 332 valence electrons. The Morgan fingerprint density at radius 3 is 1.21 bits per heavy atom. The maximum Gasteiger partial charge on any atom is 0.255 e. The highest BCUT2D eigenvalue weighted by Crippen LogP contribution is 2.25. The fourth-order valence-electron chi connectivity index (χ4n) is 6.96. The molecule has 15 heteroatoms. The van der Waals surface area contributed by atoms with Gasteiger partial charge in [0.25, 0.3) is 11.8 Å². The molecule has 61 heavy (non-hydrogen) atoms. The quantitative estimate of drug-likeness (QED) is 0.0432. The van der Waals surface area contributed by atoms with Gasteiger partial charge in [0.2, 0.25) is 0 Å². The molecule has 3 rings (SSSR count). The summed E-state index contributed by atoms with van der Waals surface area (Å²) < 4.78 is 16.3. The highest BCUT2D eigenvalue weighted by molar-refractivity contribution is 6.02. The Hall–Kier alpha value is -5.48. The van der Waals surface area contributed by atoms with E-state index < -0.39 is 29.9 Å². The molecule has 3 atom stereocenters. The topological polar surface area (TPSA) is 258 Å². The molecule has 0 aliphatic heterocycles. The number of carbonyl (C=O) groups is 6. The van der Waals surface area contributed by atoms with Crippen LogP contribution in [0.25, 0.3) is 0 Å². The predicted molar refractivity (Wildman–Crippen MR) is 234 cm³/mol. The van der Waals surface area contributed by atoms with Crippen LogP contribution in [0, 0.1) is 0 Å². The first kappa shape index (κ1) is 49.9. The summed E-state index contributed by atoms with van der Waals surface area (Å²) in [5.74, 6) is -1.18. The van der Waals surface area contributed by atoms with E-state index in [4.69, 9.17) is 37.1 Å². The first-order valence-corrected chi connectivity index (χ1v) is 20.9. The molecule has 0 saturated heterocycles. The molecule has 3 aromatic carbocycles. The Morgan fingerprint density at radius 2 is 0.852 bits per heavy atom. The van der Waals surface area contributed by atoms with Crippen LogP contribution in [0.5, 0.6) is 17.2 Å². The average Bonchev–Trinajstić information content (AvgIpc) is 3.25. The minimum Gasteiger partial charge on any atom is -0.496 e. The molecular formula is C46H64N6O9. The SMILES string of the molecule is COc1ccc(CC(=O)[C@H](CCCCN)NC(=O)c2cc(CC(=O)[C@H](CCCCN)NC(=O)c3cc(CC(=O)[C@@H](N)CCCCN)ccc3OC)ccc2OC)cc1C(C)=O. The van der Waals surface area contributed by atoms with Gasteiger partial charge in [-0.25, -0.2) is 0 Å². The van der Waals surface area contributed by atoms with Crippen LogP contribution in [0.15, 0.2) is 54.6 Å². The molecule has 15 nitrogen and oxygen atoms in total. The van der Waals surface area contributed by atoms with Gasteiger partial charge in [-0.2, -0.15) is 0 Å². The molecule has 0 aliphatic rings. The second-order valence-electron chi connectivity index (χ2n) is 15.1. The number of hydrogen-bond donors (Lipinski definition) is 6. The summed E-state index contributed by atoms with van der Waals surface area (Å²) in [7, 11) is 4.30. The van der Waals surface area contributed by atoms with E-state index >= 15 is 0 Å². The van der Waals surface area contributed by atoms with Gasteiger partial charge in [-0.1, -0.05) is 24.6 Å². The molecule has 0 radical (unpaired) electrons. The number of nitrogens with two attached hydrogens (primary N) is 4. The van der Waals surface area contributed by atoms with Gasteiger partial charge in [-0.3, -0.25) is 28.8 Å². The molecular weight excluding hydrogens is 781 g/mol. The van der Waals surface area contributed by atoms with Crippen LogP contribution in [-0.2, 0) is 33.6 Å². The van der Waals surface area contributed by atoms with E-state index in [9.17, 15) is 28.8 Å². The van der Waals surface area contributed by atoms with Crippen LogP contribution in [0.2, 0.25) is 0 Å². The van der Waals surface area contributed by atoms with E-state index in [1.54, 1.807) is 54.6 Å². The van der Waals surface area contributed by atoms with Gasteiger partial charge in [0.1, 0.15) is 17.2 Å². The number of benzene rings is 3. The lowest BCUT2D eigenvalue weighted by Gasteiger charge is -2.20. The Kier molecular flexibility index (Phi) is 21.2. The van der Waals surface area contributed by atoms with Gasteiger partial charge in [0, 0.05) is 19.3 Å². The number of rotatable bonds is 29. The molecule has 0 aromatic heterocycles. The van der Waals surface area contributed by atoms with E-state index in [-0.39, 0.29) is 65.0 Å². The third-order valence-corrected chi connectivity index (χ3v) is 10.5. The minimum atomic E-state index is -0.921. The fourth-order valence-corrected chi connectivity index (χ4v) is 6.96.